The number of sulfonamides is 1. The second-order valence-electron chi connectivity index (χ2n) is 9.60. The molecule has 2 saturated heterocycles. The highest BCUT2D eigenvalue weighted by molar-refractivity contribution is 7.89. The molecule has 0 spiro atoms. The van der Waals surface area contributed by atoms with Gasteiger partial charge in [0.15, 0.2) is 0 Å². The van der Waals surface area contributed by atoms with Crippen molar-refractivity contribution in [3.8, 4) is 0 Å². The number of benzene rings is 3. The molecule has 3 aromatic carbocycles. The van der Waals surface area contributed by atoms with Gasteiger partial charge >= 0.3 is 0 Å². The summed E-state index contributed by atoms with van der Waals surface area (Å²) in [6.07, 6.45) is 1.43. The maximum atomic E-state index is 13.5. The molecule has 1 atom stereocenters. The molecule has 0 bridgehead atoms. The minimum Gasteiger partial charge on any atom is -0.340 e. The monoisotopic (exact) mass is 503 g/mol. The van der Waals surface area contributed by atoms with Gasteiger partial charge in [0.1, 0.15) is 0 Å². The predicted octanol–water partition coefficient (Wildman–Crippen LogP) is 4.02. The Kier molecular flexibility index (Phi) is 7.51. The summed E-state index contributed by atoms with van der Waals surface area (Å²) < 4.78 is 27.7. The van der Waals surface area contributed by atoms with Crippen molar-refractivity contribution in [1.82, 2.24) is 14.1 Å². The Hall–Kier alpha value is -3.00. The van der Waals surface area contributed by atoms with Crippen molar-refractivity contribution >= 4 is 15.9 Å². The average Bonchev–Trinajstić information content (AvgIpc) is 2.95. The van der Waals surface area contributed by atoms with Crippen LogP contribution in [0, 0.1) is 5.92 Å². The summed E-state index contributed by atoms with van der Waals surface area (Å²) in [4.78, 5) is 18.1. The number of amides is 1. The molecule has 0 aromatic heterocycles. The Labute approximate surface area is 214 Å². The van der Waals surface area contributed by atoms with Gasteiger partial charge in [0.2, 0.25) is 15.9 Å². The van der Waals surface area contributed by atoms with Crippen molar-refractivity contribution in [3.05, 3.63) is 102 Å². The van der Waals surface area contributed by atoms with Crippen molar-refractivity contribution in [2.24, 2.45) is 5.92 Å². The summed E-state index contributed by atoms with van der Waals surface area (Å²) in [5.41, 5.74) is 2.50. The Balaban J connectivity index is 1.25. The van der Waals surface area contributed by atoms with Crippen LogP contribution in [0.1, 0.15) is 30.0 Å². The minimum atomic E-state index is -3.59. The first-order valence-electron chi connectivity index (χ1n) is 12.7. The molecule has 2 heterocycles. The smallest absolute Gasteiger partial charge is 0.243 e. The molecule has 6 nitrogen and oxygen atoms in total. The maximum Gasteiger partial charge on any atom is 0.243 e. The zero-order valence-corrected chi connectivity index (χ0v) is 21.3. The molecule has 36 heavy (non-hydrogen) atoms. The first-order chi connectivity index (χ1) is 17.5. The van der Waals surface area contributed by atoms with E-state index in [0.29, 0.717) is 31.0 Å². The molecule has 2 aliphatic heterocycles. The molecular weight excluding hydrogens is 470 g/mol. The fourth-order valence-corrected chi connectivity index (χ4v) is 6.99. The molecule has 2 fully saturated rings. The van der Waals surface area contributed by atoms with E-state index < -0.39 is 10.0 Å². The minimum absolute atomic E-state index is 0.0820. The summed E-state index contributed by atoms with van der Waals surface area (Å²) in [6.45, 7) is 3.57. The van der Waals surface area contributed by atoms with Gasteiger partial charge in [-0.15, -0.1) is 0 Å². The van der Waals surface area contributed by atoms with Crippen molar-refractivity contribution in [2.75, 3.05) is 39.3 Å². The number of piperazine rings is 1. The lowest BCUT2D eigenvalue weighted by Crippen LogP contribution is -2.53. The molecule has 3 aromatic rings. The quantitative estimate of drug-likeness (QED) is 0.510. The van der Waals surface area contributed by atoms with E-state index in [0.717, 1.165) is 19.5 Å². The molecule has 0 unspecified atom stereocenters. The topological polar surface area (TPSA) is 60.9 Å². The van der Waals surface area contributed by atoms with Gasteiger partial charge in [0.05, 0.1) is 16.9 Å². The van der Waals surface area contributed by atoms with E-state index in [4.69, 9.17) is 0 Å². The molecule has 0 N–H and O–H groups in total. The largest absolute Gasteiger partial charge is 0.340 e. The molecule has 0 saturated carbocycles. The van der Waals surface area contributed by atoms with E-state index in [9.17, 15) is 13.2 Å². The molecular formula is C29H33N3O3S. The van der Waals surface area contributed by atoms with E-state index in [1.807, 2.05) is 17.0 Å². The lowest BCUT2D eigenvalue weighted by molar-refractivity contribution is -0.138. The summed E-state index contributed by atoms with van der Waals surface area (Å²) in [7, 11) is -3.59. The van der Waals surface area contributed by atoms with Crippen LogP contribution in [0.15, 0.2) is 95.9 Å². The molecule has 7 heteroatoms. The number of carbonyl (C=O) groups is 1. The Morgan fingerprint density at radius 1 is 0.722 bits per heavy atom. The number of hydrogen-bond acceptors (Lipinski definition) is 4. The van der Waals surface area contributed by atoms with Crippen LogP contribution in [0.2, 0.25) is 0 Å². The first kappa shape index (κ1) is 24.7. The molecule has 188 valence electrons. The summed E-state index contributed by atoms with van der Waals surface area (Å²) in [6, 6.07) is 29.7. The molecule has 0 radical (unpaired) electrons. The predicted molar refractivity (Wildman–Crippen MR) is 141 cm³/mol. The van der Waals surface area contributed by atoms with E-state index >= 15 is 0 Å². The van der Waals surface area contributed by atoms with Crippen LogP contribution in [0.3, 0.4) is 0 Å². The van der Waals surface area contributed by atoms with Crippen LogP contribution < -0.4 is 0 Å². The third kappa shape index (κ3) is 5.24. The lowest BCUT2D eigenvalue weighted by Gasteiger charge is -2.41. The number of piperidine rings is 1. The second kappa shape index (κ2) is 10.9. The lowest BCUT2D eigenvalue weighted by atomic mass is 9.95. The van der Waals surface area contributed by atoms with Crippen LogP contribution >= 0.6 is 0 Å². The van der Waals surface area contributed by atoms with Gasteiger partial charge in [0, 0.05) is 39.3 Å². The SMILES string of the molecule is O=C([C@H]1CCCN(S(=O)(=O)c2ccccc2)C1)N1CCN(C(c2ccccc2)c2ccccc2)CC1. The zero-order chi connectivity index (χ0) is 25.0. The number of nitrogens with zero attached hydrogens (tertiary/aromatic N) is 3. The van der Waals surface area contributed by atoms with E-state index in [1.165, 1.54) is 15.4 Å². The van der Waals surface area contributed by atoms with Gasteiger partial charge in [0.25, 0.3) is 0 Å². The number of hydrogen-bond donors (Lipinski definition) is 0. The first-order valence-corrected chi connectivity index (χ1v) is 14.2. The molecule has 2 aliphatic rings. The fourth-order valence-electron chi connectivity index (χ4n) is 5.45. The van der Waals surface area contributed by atoms with Crippen LogP contribution in [-0.2, 0) is 14.8 Å². The average molecular weight is 504 g/mol. The van der Waals surface area contributed by atoms with Crippen LogP contribution in [0.25, 0.3) is 0 Å². The highest BCUT2D eigenvalue weighted by Crippen LogP contribution is 2.30. The molecule has 1 amide bonds. The molecule has 5 rings (SSSR count). The standard InChI is InChI=1S/C29H33N3O3S/c33-29(26-15-10-18-32(23-26)36(34,35)27-16-8-3-9-17-27)31-21-19-30(20-22-31)28(24-11-4-1-5-12-24)25-13-6-2-7-14-25/h1-9,11-14,16-17,26,28H,10,15,18-23H2/t26-/m0/s1. The number of rotatable bonds is 6. The van der Waals surface area contributed by atoms with Gasteiger partial charge in [-0.05, 0) is 36.1 Å². The van der Waals surface area contributed by atoms with Crippen molar-refractivity contribution in [3.63, 3.8) is 0 Å². The Bertz CT molecular complexity index is 1210. The van der Waals surface area contributed by atoms with Crippen molar-refractivity contribution in [2.45, 2.75) is 23.8 Å². The molecule has 0 aliphatic carbocycles. The Morgan fingerprint density at radius 2 is 1.25 bits per heavy atom. The van der Waals surface area contributed by atoms with Gasteiger partial charge in [-0.1, -0.05) is 78.9 Å². The third-order valence-corrected chi connectivity index (χ3v) is 9.22. The zero-order valence-electron chi connectivity index (χ0n) is 20.4. The Morgan fingerprint density at radius 3 is 1.81 bits per heavy atom. The van der Waals surface area contributed by atoms with Gasteiger partial charge in [-0.25, -0.2) is 8.42 Å². The van der Waals surface area contributed by atoms with Crippen molar-refractivity contribution in [1.29, 1.82) is 0 Å². The number of carbonyl (C=O) groups excluding carboxylic acids is 1. The van der Waals surface area contributed by atoms with Gasteiger partial charge < -0.3 is 4.90 Å². The second-order valence-corrected chi connectivity index (χ2v) is 11.5. The normalized spacial score (nSPS) is 19.9. The fraction of sp³-hybridized carbons (Fsp3) is 0.345. The highest BCUT2D eigenvalue weighted by Gasteiger charge is 2.36. The summed E-state index contributed by atoms with van der Waals surface area (Å²) in [5, 5.41) is 0. The van der Waals surface area contributed by atoms with E-state index in [2.05, 4.69) is 53.4 Å². The van der Waals surface area contributed by atoms with Crippen molar-refractivity contribution < 1.29 is 13.2 Å². The third-order valence-electron chi connectivity index (χ3n) is 7.34. The van der Waals surface area contributed by atoms with E-state index in [1.54, 1.807) is 30.3 Å². The van der Waals surface area contributed by atoms with Crippen LogP contribution in [-0.4, -0.2) is 67.7 Å². The summed E-state index contributed by atoms with van der Waals surface area (Å²) in [5.74, 6) is -0.207. The van der Waals surface area contributed by atoms with E-state index in [-0.39, 0.29) is 24.4 Å². The summed E-state index contributed by atoms with van der Waals surface area (Å²) >= 11 is 0. The van der Waals surface area contributed by atoms with Crippen LogP contribution in [0.4, 0.5) is 0 Å². The maximum absolute atomic E-state index is 13.5. The van der Waals surface area contributed by atoms with Crippen LogP contribution in [0.5, 0.6) is 0 Å². The van der Waals surface area contributed by atoms with Gasteiger partial charge in [-0.2, -0.15) is 4.31 Å². The highest BCUT2D eigenvalue weighted by atomic mass is 32.2. The van der Waals surface area contributed by atoms with Gasteiger partial charge in [-0.3, -0.25) is 9.69 Å².